The SMILES string of the molecule is CSc1ccc(CCN(C)C(C)C(=O)O)cc1. The molecule has 3 nitrogen and oxygen atoms in total. The number of rotatable bonds is 6. The van der Waals surface area contributed by atoms with Crippen molar-refractivity contribution in [3.63, 3.8) is 0 Å². The van der Waals surface area contributed by atoms with E-state index in [2.05, 4.69) is 30.5 Å². The van der Waals surface area contributed by atoms with Crippen LogP contribution in [0.3, 0.4) is 0 Å². The Kier molecular flexibility index (Phi) is 5.51. The first-order valence-electron chi connectivity index (χ1n) is 5.60. The van der Waals surface area contributed by atoms with Crippen LogP contribution in [-0.2, 0) is 11.2 Å². The van der Waals surface area contributed by atoms with E-state index in [1.54, 1.807) is 18.7 Å². The summed E-state index contributed by atoms with van der Waals surface area (Å²) in [4.78, 5) is 13.9. The lowest BCUT2D eigenvalue weighted by molar-refractivity contribution is -0.142. The van der Waals surface area contributed by atoms with Gasteiger partial charge in [-0.1, -0.05) is 12.1 Å². The third-order valence-electron chi connectivity index (χ3n) is 2.93. The number of benzene rings is 1. The van der Waals surface area contributed by atoms with E-state index in [1.165, 1.54) is 10.5 Å². The number of thioether (sulfide) groups is 1. The van der Waals surface area contributed by atoms with Crippen molar-refractivity contribution < 1.29 is 9.90 Å². The third-order valence-corrected chi connectivity index (χ3v) is 3.67. The van der Waals surface area contributed by atoms with Gasteiger partial charge in [0.1, 0.15) is 6.04 Å². The van der Waals surface area contributed by atoms with Crippen molar-refractivity contribution >= 4 is 17.7 Å². The predicted octanol–water partition coefficient (Wildman–Crippen LogP) is 2.36. The molecule has 1 atom stereocenters. The first-order chi connectivity index (χ1) is 8.04. The van der Waals surface area contributed by atoms with Crippen LogP contribution >= 0.6 is 11.8 Å². The van der Waals surface area contributed by atoms with E-state index < -0.39 is 12.0 Å². The summed E-state index contributed by atoms with van der Waals surface area (Å²) in [7, 11) is 1.84. The summed E-state index contributed by atoms with van der Waals surface area (Å²) in [5.74, 6) is -0.773. The van der Waals surface area contributed by atoms with E-state index in [0.29, 0.717) is 0 Å². The molecule has 1 aromatic carbocycles. The molecule has 4 heteroatoms. The highest BCUT2D eigenvalue weighted by molar-refractivity contribution is 7.98. The molecule has 0 radical (unpaired) electrons. The second kappa shape index (κ2) is 6.67. The highest BCUT2D eigenvalue weighted by Crippen LogP contribution is 2.15. The summed E-state index contributed by atoms with van der Waals surface area (Å²) in [6.07, 6.45) is 2.93. The van der Waals surface area contributed by atoms with Crippen molar-refractivity contribution in [2.45, 2.75) is 24.3 Å². The topological polar surface area (TPSA) is 40.5 Å². The molecule has 1 rings (SSSR count). The molecule has 94 valence electrons. The first kappa shape index (κ1) is 14.1. The molecule has 0 amide bonds. The maximum Gasteiger partial charge on any atom is 0.320 e. The molecule has 17 heavy (non-hydrogen) atoms. The third kappa shape index (κ3) is 4.40. The van der Waals surface area contributed by atoms with Gasteiger partial charge in [0.15, 0.2) is 0 Å². The zero-order chi connectivity index (χ0) is 12.8. The molecule has 0 aliphatic carbocycles. The quantitative estimate of drug-likeness (QED) is 0.790. The van der Waals surface area contributed by atoms with Crippen molar-refractivity contribution in [1.82, 2.24) is 4.90 Å². The average Bonchev–Trinajstić information content (AvgIpc) is 2.35. The van der Waals surface area contributed by atoms with Gasteiger partial charge in [-0.05, 0) is 44.3 Å². The van der Waals surface area contributed by atoms with Gasteiger partial charge in [-0.25, -0.2) is 0 Å². The number of nitrogens with zero attached hydrogens (tertiary/aromatic N) is 1. The van der Waals surface area contributed by atoms with Crippen LogP contribution in [0.1, 0.15) is 12.5 Å². The Hall–Kier alpha value is -1.00. The Bertz CT molecular complexity index is 364. The fraction of sp³-hybridized carbons (Fsp3) is 0.462. The molecule has 1 unspecified atom stereocenters. The van der Waals surface area contributed by atoms with Crippen LogP contribution < -0.4 is 0 Å². The number of hydrogen-bond donors (Lipinski definition) is 1. The Balaban J connectivity index is 2.47. The second-order valence-corrected chi connectivity index (χ2v) is 4.97. The maximum absolute atomic E-state index is 10.8. The molecule has 0 saturated carbocycles. The fourth-order valence-corrected chi connectivity index (χ4v) is 1.89. The highest BCUT2D eigenvalue weighted by Gasteiger charge is 2.15. The summed E-state index contributed by atoms with van der Waals surface area (Å²) >= 11 is 1.72. The van der Waals surface area contributed by atoms with Gasteiger partial charge in [0.2, 0.25) is 0 Å². The Morgan fingerprint density at radius 3 is 2.47 bits per heavy atom. The number of carbonyl (C=O) groups is 1. The molecule has 1 aromatic rings. The van der Waals surface area contributed by atoms with Gasteiger partial charge < -0.3 is 5.11 Å². The molecule has 0 aromatic heterocycles. The van der Waals surface area contributed by atoms with E-state index in [1.807, 2.05) is 11.9 Å². The molecule has 1 N–H and O–H groups in total. The molecule has 0 aliphatic rings. The van der Waals surface area contributed by atoms with Gasteiger partial charge >= 0.3 is 5.97 Å². The van der Waals surface area contributed by atoms with Crippen LogP contribution in [0.5, 0.6) is 0 Å². The average molecular weight is 253 g/mol. The monoisotopic (exact) mass is 253 g/mol. The van der Waals surface area contributed by atoms with E-state index in [4.69, 9.17) is 5.11 Å². The molecule has 0 saturated heterocycles. The Morgan fingerprint density at radius 2 is 2.00 bits per heavy atom. The van der Waals surface area contributed by atoms with E-state index in [9.17, 15) is 4.79 Å². The molecule has 0 fully saturated rings. The molecule has 0 bridgehead atoms. The van der Waals surface area contributed by atoms with Gasteiger partial charge in [-0.3, -0.25) is 9.69 Å². The zero-order valence-electron chi connectivity index (χ0n) is 10.5. The minimum absolute atomic E-state index is 0.430. The zero-order valence-corrected chi connectivity index (χ0v) is 11.3. The molecule has 0 aliphatic heterocycles. The molecule has 0 spiro atoms. The second-order valence-electron chi connectivity index (χ2n) is 4.09. The van der Waals surface area contributed by atoms with Crippen molar-refractivity contribution in [3.8, 4) is 0 Å². The van der Waals surface area contributed by atoms with Gasteiger partial charge in [-0.2, -0.15) is 0 Å². The van der Waals surface area contributed by atoms with Gasteiger partial charge in [-0.15, -0.1) is 11.8 Å². The number of carboxylic acids is 1. The minimum Gasteiger partial charge on any atom is -0.480 e. The number of aliphatic carboxylic acids is 1. The van der Waals surface area contributed by atoms with Crippen LogP contribution in [0, 0.1) is 0 Å². The van der Waals surface area contributed by atoms with Crippen LogP contribution in [0.15, 0.2) is 29.2 Å². The van der Waals surface area contributed by atoms with Gasteiger partial charge in [0.25, 0.3) is 0 Å². The molecular weight excluding hydrogens is 234 g/mol. The standard InChI is InChI=1S/C13H19NO2S/c1-10(13(15)16)14(2)9-8-11-4-6-12(17-3)7-5-11/h4-7,10H,8-9H2,1-3H3,(H,15,16). The lowest BCUT2D eigenvalue weighted by atomic mass is 10.1. The predicted molar refractivity (Wildman–Crippen MR) is 71.7 cm³/mol. The summed E-state index contributed by atoms with van der Waals surface area (Å²) < 4.78 is 0. The fourth-order valence-electron chi connectivity index (χ4n) is 1.48. The van der Waals surface area contributed by atoms with Crippen molar-refractivity contribution in [1.29, 1.82) is 0 Å². The van der Waals surface area contributed by atoms with Gasteiger partial charge in [0, 0.05) is 11.4 Å². The lowest BCUT2D eigenvalue weighted by Gasteiger charge is -2.20. The van der Waals surface area contributed by atoms with Crippen molar-refractivity contribution in [2.75, 3.05) is 19.8 Å². The summed E-state index contributed by atoms with van der Waals surface area (Å²) in [5, 5.41) is 8.87. The van der Waals surface area contributed by atoms with E-state index in [0.717, 1.165) is 13.0 Å². The van der Waals surface area contributed by atoms with Crippen molar-refractivity contribution in [2.24, 2.45) is 0 Å². The highest BCUT2D eigenvalue weighted by atomic mass is 32.2. The van der Waals surface area contributed by atoms with Crippen LogP contribution in [0.25, 0.3) is 0 Å². The van der Waals surface area contributed by atoms with Crippen molar-refractivity contribution in [3.05, 3.63) is 29.8 Å². The largest absolute Gasteiger partial charge is 0.480 e. The first-order valence-corrected chi connectivity index (χ1v) is 6.83. The molecule has 0 heterocycles. The Morgan fingerprint density at radius 1 is 1.41 bits per heavy atom. The van der Waals surface area contributed by atoms with Crippen LogP contribution in [0.2, 0.25) is 0 Å². The lowest BCUT2D eigenvalue weighted by Crippen LogP contribution is -2.37. The minimum atomic E-state index is -0.773. The normalized spacial score (nSPS) is 12.7. The maximum atomic E-state index is 10.8. The van der Waals surface area contributed by atoms with E-state index >= 15 is 0 Å². The van der Waals surface area contributed by atoms with Crippen LogP contribution in [0.4, 0.5) is 0 Å². The summed E-state index contributed by atoms with van der Waals surface area (Å²) in [6.45, 7) is 2.46. The van der Waals surface area contributed by atoms with Gasteiger partial charge in [0.05, 0.1) is 0 Å². The smallest absolute Gasteiger partial charge is 0.320 e. The van der Waals surface area contributed by atoms with E-state index in [-0.39, 0.29) is 0 Å². The summed E-state index contributed by atoms with van der Waals surface area (Å²) in [5.41, 5.74) is 1.24. The molecular formula is C13H19NO2S. The number of likely N-dealkylation sites (N-methyl/N-ethyl adjacent to an activating group) is 1. The summed E-state index contributed by atoms with van der Waals surface area (Å²) in [6, 6.07) is 7.97. The number of hydrogen-bond acceptors (Lipinski definition) is 3. The van der Waals surface area contributed by atoms with Crippen LogP contribution in [-0.4, -0.2) is 41.9 Å². The Labute approximate surface area is 107 Å². The number of carboxylic acid groups (broad SMARTS) is 1.